The van der Waals surface area contributed by atoms with E-state index in [4.69, 9.17) is 16.7 Å². The highest BCUT2D eigenvalue weighted by Gasteiger charge is 2.06. The van der Waals surface area contributed by atoms with Crippen LogP contribution in [-0.4, -0.2) is 14.3 Å². The van der Waals surface area contributed by atoms with Crippen molar-refractivity contribution in [3.05, 3.63) is 70.8 Å². The Labute approximate surface area is 139 Å². The van der Waals surface area contributed by atoms with Gasteiger partial charge in [-0.25, -0.2) is 13.6 Å². The minimum Gasteiger partial charge on any atom is -0.348 e. The molecule has 0 heterocycles. The predicted octanol–water partition coefficient (Wildman–Crippen LogP) is 2.32. The van der Waals surface area contributed by atoms with Gasteiger partial charge in [0, 0.05) is 17.6 Å². The molecule has 0 saturated carbocycles. The zero-order chi connectivity index (χ0) is 16.9. The van der Waals surface area contributed by atoms with Crippen molar-refractivity contribution in [3.63, 3.8) is 0 Å². The zero-order valence-electron chi connectivity index (χ0n) is 12.1. The lowest BCUT2D eigenvalue weighted by Crippen LogP contribution is -2.20. The number of carbonyl (C=O) groups excluding carboxylic acids is 1. The summed E-state index contributed by atoms with van der Waals surface area (Å²) in [5.74, 6) is -0.277. The average molecular weight is 351 g/mol. The molecule has 2 aromatic carbocycles. The van der Waals surface area contributed by atoms with Gasteiger partial charge in [-0.15, -0.1) is 0 Å². The Bertz CT molecular complexity index is 831. The summed E-state index contributed by atoms with van der Waals surface area (Å²) in [7, 11) is -3.71. The second-order valence-corrected chi connectivity index (χ2v) is 6.73. The summed E-state index contributed by atoms with van der Waals surface area (Å²) >= 11 is 5.99. The molecule has 0 aliphatic rings. The van der Waals surface area contributed by atoms with Gasteiger partial charge < -0.3 is 5.32 Å². The van der Waals surface area contributed by atoms with E-state index in [2.05, 4.69) is 5.32 Å². The van der Waals surface area contributed by atoms with Gasteiger partial charge in [0.05, 0.1) is 4.90 Å². The molecule has 0 fully saturated rings. The third kappa shape index (κ3) is 5.21. The van der Waals surface area contributed by atoms with E-state index in [1.54, 1.807) is 30.3 Å². The number of rotatable bonds is 5. The fourth-order valence-electron chi connectivity index (χ4n) is 1.82. The molecule has 0 bridgehead atoms. The SMILES string of the molecule is NS(=O)(=O)c1ccc(CNC(=O)C=Cc2ccccc2Cl)cc1. The number of benzene rings is 2. The Morgan fingerprint density at radius 2 is 1.78 bits per heavy atom. The molecule has 7 heteroatoms. The number of hydrogen-bond acceptors (Lipinski definition) is 3. The van der Waals surface area contributed by atoms with Crippen molar-refractivity contribution in [2.45, 2.75) is 11.4 Å². The van der Waals surface area contributed by atoms with E-state index in [9.17, 15) is 13.2 Å². The Kier molecular flexibility index (Phi) is 5.54. The molecule has 0 unspecified atom stereocenters. The molecule has 0 aliphatic heterocycles. The van der Waals surface area contributed by atoms with Crippen LogP contribution in [0.2, 0.25) is 5.02 Å². The van der Waals surface area contributed by atoms with Crippen molar-refractivity contribution in [1.82, 2.24) is 5.32 Å². The molecule has 0 aromatic heterocycles. The lowest BCUT2D eigenvalue weighted by Gasteiger charge is -2.04. The molecule has 1 amide bonds. The molecule has 23 heavy (non-hydrogen) atoms. The van der Waals surface area contributed by atoms with Gasteiger partial charge >= 0.3 is 0 Å². The fourth-order valence-corrected chi connectivity index (χ4v) is 2.53. The predicted molar refractivity (Wildman–Crippen MR) is 90.1 cm³/mol. The molecule has 0 atom stereocenters. The maximum Gasteiger partial charge on any atom is 0.244 e. The van der Waals surface area contributed by atoms with Crippen LogP contribution >= 0.6 is 11.6 Å². The Morgan fingerprint density at radius 1 is 1.13 bits per heavy atom. The lowest BCUT2D eigenvalue weighted by molar-refractivity contribution is -0.116. The highest BCUT2D eigenvalue weighted by Crippen LogP contribution is 2.16. The first-order valence-corrected chi connectivity index (χ1v) is 8.61. The molecular weight excluding hydrogens is 336 g/mol. The van der Waals surface area contributed by atoms with Gasteiger partial charge in [0.15, 0.2) is 0 Å². The number of amides is 1. The third-order valence-electron chi connectivity index (χ3n) is 3.04. The Balaban J connectivity index is 1.93. The Hall–Kier alpha value is -2.15. The van der Waals surface area contributed by atoms with Crippen LogP contribution in [0.4, 0.5) is 0 Å². The van der Waals surface area contributed by atoms with Gasteiger partial charge in [0.25, 0.3) is 0 Å². The van der Waals surface area contributed by atoms with Crippen molar-refractivity contribution >= 4 is 33.6 Å². The van der Waals surface area contributed by atoms with E-state index in [1.165, 1.54) is 18.2 Å². The minimum absolute atomic E-state index is 0.0335. The molecule has 0 aliphatic carbocycles. The van der Waals surface area contributed by atoms with Crippen molar-refractivity contribution in [2.24, 2.45) is 5.14 Å². The summed E-state index contributed by atoms with van der Waals surface area (Å²) in [5, 5.41) is 8.28. The van der Waals surface area contributed by atoms with Crippen molar-refractivity contribution in [1.29, 1.82) is 0 Å². The number of carbonyl (C=O) groups is 1. The molecule has 120 valence electrons. The second kappa shape index (κ2) is 7.41. The van der Waals surface area contributed by atoms with E-state index >= 15 is 0 Å². The van der Waals surface area contributed by atoms with Crippen LogP contribution in [-0.2, 0) is 21.4 Å². The van der Waals surface area contributed by atoms with Gasteiger partial charge in [-0.1, -0.05) is 41.9 Å². The molecule has 0 spiro atoms. The Morgan fingerprint density at radius 3 is 2.39 bits per heavy atom. The summed E-state index contributed by atoms with van der Waals surface area (Å²) in [6.07, 6.45) is 3.02. The summed E-state index contributed by atoms with van der Waals surface area (Å²) in [4.78, 5) is 11.8. The first kappa shape index (κ1) is 17.2. The van der Waals surface area contributed by atoms with Gasteiger partial charge in [-0.05, 0) is 35.4 Å². The van der Waals surface area contributed by atoms with Gasteiger partial charge in [0.2, 0.25) is 15.9 Å². The van der Waals surface area contributed by atoms with Gasteiger partial charge in [-0.3, -0.25) is 4.79 Å². The van der Waals surface area contributed by atoms with Crippen LogP contribution in [0.15, 0.2) is 59.5 Å². The fraction of sp³-hybridized carbons (Fsp3) is 0.0625. The maximum absolute atomic E-state index is 11.8. The highest BCUT2D eigenvalue weighted by atomic mass is 35.5. The van der Waals surface area contributed by atoms with E-state index in [1.807, 2.05) is 12.1 Å². The zero-order valence-corrected chi connectivity index (χ0v) is 13.6. The molecular formula is C16H15ClN2O3S. The number of primary sulfonamides is 1. The number of nitrogens with two attached hydrogens (primary N) is 1. The number of hydrogen-bond donors (Lipinski definition) is 2. The molecule has 2 rings (SSSR count). The van der Waals surface area contributed by atoms with Gasteiger partial charge in [0.1, 0.15) is 0 Å². The van der Waals surface area contributed by atoms with E-state index < -0.39 is 10.0 Å². The van der Waals surface area contributed by atoms with E-state index in [-0.39, 0.29) is 17.3 Å². The highest BCUT2D eigenvalue weighted by molar-refractivity contribution is 7.89. The largest absolute Gasteiger partial charge is 0.348 e. The van der Waals surface area contributed by atoms with Crippen LogP contribution in [0.25, 0.3) is 6.08 Å². The van der Waals surface area contributed by atoms with Crippen LogP contribution in [0.3, 0.4) is 0 Å². The first-order valence-electron chi connectivity index (χ1n) is 6.68. The summed E-state index contributed by atoms with van der Waals surface area (Å²) in [5.41, 5.74) is 1.51. The van der Waals surface area contributed by atoms with Crippen LogP contribution in [0, 0.1) is 0 Å². The number of halogens is 1. The average Bonchev–Trinajstić information content (AvgIpc) is 2.51. The topological polar surface area (TPSA) is 89.3 Å². The molecule has 0 radical (unpaired) electrons. The van der Waals surface area contributed by atoms with Crippen LogP contribution in [0.1, 0.15) is 11.1 Å². The summed E-state index contributed by atoms with van der Waals surface area (Å²) in [6.45, 7) is 0.274. The van der Waals surface area contributed by atoms with Crippen LogP contribution < -0.4 is 10.5 Å². The third-order valence-corrected chi connectivity index (χ3v) is 4.31. The quantitative estimate of drug-likeness (QED) is 0.811. The van der Waals surface area contributed by atoms with Crippen molar-refractivity contribution < 1.29 is 13.2 Å². The number of sulfonamides is 1. The first-order chi connectivity index (χ1) is 10.9. The minimum atomic E-state index is -3.71. The van der Waals surface area contributed by atoms with Crippen molar-refractivity contribution in [2.75, 3.05) is 0 Å². The molecule has 2 aromatic rings. The van der Waals surface area contributed by atoms with E-state index in [0.29, 0.717) is 5.02 Å². The monoisotopic (exact) mass is 350 g/mol. The smallest absolute Gasteiger partial charge is 0.244 e. The second-order valence-electron chi connectivity index (χ2n) is 4.76. The van der Waals surface area contributed by atoms with Gasteiger partial charge in [-0.2, -0.15) is 0 Å². The maximum atomic E-state index is 11.8. The lowest BCUT2D eigenvalue weighted by atomic mass is 10.2. The molecule has 0 saturated heterocycles. The van der Waals surface area contributed by atoms with E-state index in [0.717, 1.165) is 11.1 Å². The van der Waals surface area contributed by atoms with Crippen LogP contribution in [0.5, 0.6) is 0 Å². The summed E-state index contributed by atoms with van der Waals surface area (Å²) in [6, 6.07) is 13.2. The van der Waals surface area contributed by atoms with Crippen molar-refractivity contribution in [3.8, 4) is 0 Å². The normalized spacial score (nSPS) is 11.6. The molecule has 5 nitrogen and oxygen atoms in total. The molecule has 3 N–H and O–H groups in total. The summed E-state index contributed by atoms with van der Waals surface area (Å²) < 4.78 is 22.3. The number of nitrogens with one attached hydrogen (secondary N) is 1. The standard InChI is InChI=1S/C16H15ClN2O3S/c17-15-4-2-1-3-13(15)7-10-16(20)19-11-12-5-8-14(9-6-12)23(18,21)22/h1-10H,11H2,(H,19,20)(H2,18,21,22).